The predicted molar refractivity (Wildman–Crippen MR) is 69.0 cm³/mol. The summed E-state index contributed by atoms with van der Waals surface area (Å²) in [5, 5.41) is 9.17. The molecule has 1 atom stereocenters. The van der Waals surface area contributed by atoms with Gasteiger partial charge in [-0.15, -0.1) is 11.8 Å². The second-order valence-electron chi connectivity index (χ2n) is 3.98. The average molecular weight is 241 g/mol. The highest BCUT2D eigenvalue weighted by molar-refractivity contribution is 8.00. The first-order valence-corrected chi connectivity index (χ1v) is 6.24. The molecule has 0 bridgehead atoms. The molecule has 1 unspecified atom stereocenters. The third-order valence-corrected chi connectivity index (χ3v) is 3.02. The van der Waals surface area contributed by atoms with Gasteiger partial charge in [-0.2, -0.15) is 0 Å². The Morgan fingerprint density at radius 1 is 1.38 bits per heavy atom. The molecule has 1 aromatic carbocycles. The van der Waals surface area contributed by atoms with E-state index in [-0.39, 0.29) is 18.0 Å². The van der Waals surface area contributed by atoms with E-state index >= 15 is 0 Å². The van der Waals surface area contributed by atoms with E-state index in [4.69, 9.17) is 15.6 Å². The van der Waals surface area contributed by atoms with E-state index in [1.807, 2.05) is 39.0 Å². The van der Waals surface area contributed by atoms with E-state index in [9.17, 15) is 0 Å². The molecule has 1 aromatic rings. The number of hydrogen-bond acceptors (Lipinski definition) is 4. The van der Waals surface area contributed by atoms with Crippen LogP contribution in [0.4, 0.5) is 5.69 Å². The van der Waals surface area contributed by atoms with Gasteiger partial charge < -0.3 is 15.6 Å². The Balaban J connectivity index is 2.80. The summed E-state index contributed by atoms with van der Waals surface area (Å²) in [6.07, 6.45) is 0.109. The molecule has 0 radical (unpaired) electrons. The number of aliphatic hydroxyl groups is 1. The lowest BCUT2D eigenvalue weighted by molar-refractivity contribution is 0.243. The first kappa shape index (κ1) is 13.2. The summed E-state index contributed by atoms with van der Waals surface area (Å²) in [5.74, 6) is 0.713. The molecule has 3 nitrogen and oxygen atoms in total. The summed E-state index contributed by atoms with van der Waals surface area (Å²) in [7, 11) is 0. The van der Waals surface area contributed by atoms with E-state index in [1.54, 1.807) is 11.8 Å². The van der Waals surface area contributed by atoms with Crippen LogP contribution < -0.4 is 10.5 Å². The first-order valence-electron chi connectivity index (χ1n) is 5.36. The lowest BCUT2D eigenvalue weighted by Gasteiger charge is -2.14. The number of nitrogens with two attached hydrogens (primary N) is 1. The van der Waals surface area contributed by atoms with Crippen LogP contribution >= 0.6 is 11.8 Å². The van der Waals surface area contributed by atoms with Gasteiger partial charge in [-0.3, -0.25) is 0 Å². The van der Waals surface area contributed by atoms with E-state index in [0.717, 1.165) is 4.90 Å². The van der Waals surface area contributed by atoms with Gasteiger partial charge in [0, 0.05) is 10.1 Å². The number of hydrogen-bond donors (Lipinski definition) is 2. The zero-order valence-corrected chi connectivity index (χ0v) is 10.8. The Labute approximate surface area is 101 Å². The van der Waals surface area contributed by atoms with Crippen molar-refractivity contribution in [1.82, 2.24) is 0 Å². The van der Waals surface area contributed by atoms with E-state index in [0.29, 0.717) is 11.4 Å². The Morgan fingerprint density at radius 2 is 2.06 bits per heavy atom. The van der Waals surface area contributed by atoms with Crippen molar-refractivity contribution in [1.29, 1.82) is 0 Å². The van der Waals surface area contributed by atoms with Crippen molar-refractivity contribution >= 4 is 17.4 Å². The number of aliphatic hydroxyl groups excluding tert-OH is 1. The van der Waals surface area contributed by atoms with Crippen molar-refractivity contribution in [2.24, 2.45) is 0 Å². The molecule has 16 heavy (non-hydrogen) atoms. The first-order chi connectivity index (χ1) is 7.52. The molecule has 0 fully saturated rings. The fraction of sp³-hybridized carbons (Fsp3) is 0.500. The van der Waals surface area contributed by atoms with Crippen molar-refractivity contribution < 1.29 is 9.84 Å². The van der Waals surface area contributed by atoms with Gasteiger partial charge in [0.05, 0.1) is 18.4 Å². The predicted octanol–water partition coefficient (Wildman–Crippen LogP) is 2.53. The molecule has 0 spiro atoms. The molecule has 0 aromatic heterocycles. The molecule has 1 rings (SSSR count). The van der Waals surface area contributed by atoms with Crippen LogP contribution in [0.1, 0.15) is 20.8 Å². The van der Waals surface area contributed by atoms with Crippen LogP contribution in [0.3, 0.4) is 0 Å². The van der Waals surface area contributed by atoms with Crippen LogP contribution in [0.5, 0.6) is 5.75 Å². The molecule has 0 saturated heterocycles. The van der Waals surface area contributed by atoms with Gasteiger partial charge in [0.15, 0.2) is 0 Å². The van der Waals surface area contributed by atoms with E-state index in [2.05, 4.69) is 0 Å². The van der Waals surface area contributed by atoms with Gasteiger partial charge in [0.1, 0.15) is 5.75 Å². The van der Waals surface area contributed by atoms with Gasteiger partial charge in [-0.05, 0) is 32.0 Å². The lowest BCUT2D eigenvalue weighted by Crippen LogP contribution is -2.07. The minimum atomic E-state index is 0.109. The molecule has 3 N–H and O–H groups in total. The second kappa shape index (κ2) is 6.01. The van der Waals surface area contributed by atoms with Crippen LogP contribution in [-0.4, -0.2) is 23.1 Å². The smallest absolute Gasteiger partial charge is 0.143 e. The third-order valence-electron chi connectivity index (χ3n) is 1.94. The van der Waals surface area contributed by atoms with Crippen LogP contribution in [-0.2, 0) is 0 Å². The quantitative estimate of drug-likeness (QED) is 0.614. The Morgan fingerprint density at radius 3 is 2.62 bits per heavy atom. The van der Waals surface area contributed by atoms with Gasteiger partial charge >= 0.3 is 0 Å². The molecule has 0 heterocycles. The minimum absolute atomic E-state index is 0.109. The number of rotatable bonds is 5. The fourth-order valence-corrected chi connectivity index (χ4v) is 2.07. The highest BCUT2D eigenvalue weighted by Crippen LogP contribution is 2.31. The number of ether oxygens (including phenoxy) is 1. The summed E-state index contributed by atoms with van der Waals surface area (Å²) >= 11 is 1.61. The summed E-state index contributed by atoms with van der Waals surface area (Å²) in [6, 6.07) is 5.70. The van der Waals surface area contributed by atoms with Crippen molar-refractivity contribution in [2.75, 3.05) is 12.3 Å². The summed E-state index contributed by atoms with van der Waals surface area (Å²) in [5.41, 5.74) is 6.47. The number of nitrogen functional groups attached to an aromatic ring is 1. The molecule has 0 aliphatic rings. The van der Waals surface area contributed by atoms with Gasteiger partial charge in [0.2, 0.25) is 0 Å². The summed E-state index contributed by atoms with van der Waals surface area (Å²) in [6.45, 7) is 6.07. The number of anilines is 1. The Bertz CT molecular complexity index is 342. The Kier molecular flexibility index (Phi) is 4.96. The Hall–Kier alpha value is -0.870. The number of benzene rings is 1. The van der Waals surface area contributed by atoms with Crippen LogP contribution in [0, 0.1) is 0 Å². The normalized spacial score (nSPS) is 12.8. The van der Waals surface area contributed by atoms with Gasteiger partial charge in [0.25, 0.3) is 0 Å². The van der Waals surface area contributed by atoms with Crippen LogP contribution in [0.15, 0.2) is 23.1 Å². The molecule has 0 aliphatic carbocycles. The molecular weight excluding hydrogens is 222 g/mol. The van der Waals surface area contributed by atoms with Crippen molar-refractivity contribution in [3.05, 3.63) is 18.2 Å². The molecule has 0 amide bonds. The zero-order valence-electron chi connectivity index (χ0n) is 9.93. The maximum Gasteiger partial charge on any atom is 0.143 e. The standard InChI is InChI=1S/C12H19NO2S/c1-8(2)15-12-6-10(4-5-11(12)13)16-9(3)7-14/h4-6,8-9,14H,7,13H2,1-3H3. The SMILES string of the molecule is CC(C)Oc1cc(SC(C)CO)ccc1N. The zero-order chi connectivity index (χ0) is 12.1. The highest BCUT2D eigenvalue weighted by atomic mass is 32.2. The van der Waals surface area contributed by atoms with Gasteiger partial charge in [-0.25, -0.2) is 0 Å². The monoisotopic (exact) mass is 241 g/mol. The maximum atomic E-state index is 8.99. The highest BCUT2D eigenvalue weighted by Gasteiger charge is 2.07. The topological polar surface area (TPSA) is 55.5 Å². The average Bonchev–Trinajstić information content (AvgIpc) is 2.22. The molecule has 90 valence electrons. The van der Waals surface area contributed by atoms with Crippen molar-refractivity contribution in [3.63, 3.8) is 0 Å². The van der Waals surface area contributed by atoms with Crippen molar-refractivity contribution in [3.8, 4) is 5.75 Å². The van der Waals surface area contributed by atoms with E-state index in [1.165, 1.54) is 0 Å². The van der Waals surface area contributed by atoms with E-state index < -0.39 is 0 Å². The number of thioether (sulfide) groups is 1. The fourth-order valence-electron chi connectivity index (χ4n) is 1.21. The van der Waals surface area contributed by atoms with Gasteiger partial charge in [-0.1, -0.05) is 6.92 Å². The third kappa shape index (κ3) is 3.94. The van der Waals surface area contributed by atoms with Crippen LogP contribution in [0.25, 0.3) is 0 Å². The summed E-state index contributed by atoms with van der Waals surface area (Å²) in [4.78, 5) is 1.06. The summed E-state index contributed by atoms with van der Waals surface area (Å²) < 4.78 is 5.60. The second-order valence-corrected chi connectivity index (χ2v) is 5.49. The minimum Gasteiger partial charge on any atom is -0.489 e. The lowest BCUT2D eigenvalue weighted by atomic mass is 10.3. The maximum absolute atomic E-state index is 8.99. The van der Waals surface area contributed by atoms with Crippen molar-refractivity contribution in [2.45, 2.75) is 37.0 Å². The largest absolute Gasteiger partial charge is 0.489 e. The molecule has 0 aliphatic heterocycles. The molecular formula is C12H19NO2S. The molecule has 4 heteroatoms. The molecule has 0 saturated carbocycles. The van der Waals surface area contributed by atoms with Crippen LogP contribution in [0.2, 0.25) is 0 Å².